The molecule has 4 rings (SSSR count). The highest BCUT2D eigenvalue weighted by molar-refractivity contribution is 9.10. The molecule has 1 aliphatic rings. The number of hydrogen-bond donors (Lipinski definition) is 1. The van der Waals surface area contributed by atoms with E-state index in [1.807, 2.05) is 48.5 Å². The predicted molar refractivity (Wildman–Crippen MR) is 135 cm³/mol. The van der Waals surface area contributed by atoms with Crippen LogP contribution in [0.1, 0.15) is 24.0 Å². The maximum absolute atomic E-state index is 13.3. The summed E-state index contributed by atoms with van der Waals surface area (Å²) in [7, 11) is 0. The van der Waals surface area contributed by atoms with Crippen LogP contribution in [0.25, 0.3) is 17.5 Å². The van der Waals surface area contributed by atoms with Crippen molar-refractivity contribution in [2.24, 2.45) is 5.73 Å². The number of ether oxygens (including phenoxy) is 1. The summed E-state index contributed by atoms with van der Waals surface area (Å²) >= 11 is 8.03. The molecule has 0 bridgehead atoms. The largest absolute Gasteiger partial charge is 0.463 e. The third-order valence-electron chi connectivity index (χ3n) is 5.09. The summed E-state index contributed by atoms with van der Waals surface area (Å²) in [4.78, 5) is 26.5. The standard InChI is InChI=1S/C24H17Br2N3O3S/c1-2-32-24(31)20-19(14-6-4-8-16(26)11-14)17(12-27)21(28)29-22(30)18(33-23(20)29)10-13-5-3-7-15(25)9-13/h3-11,19H,2,28H2,1H3/b18-10-. The number of rotatable bonds is 4. The van der Waals surface area contributed by atoms with Crippen LogP contribution in [0.4, 0.5) is 0 Å². The van der Waals surface area contributed by atoms with E-state index in [4.69, 9.17) is 10.5 Å². The maximum Gasteiger partial charge on any atom is 0.338 e. The van der Waals surface area contributed by atoms with Gasteiger partial charge in [-0.25, -0.2) is 4.79 Å². The van der Waals surface area contributed by atoms with Gasteiger partial charge in [0, 0.05) is 8.95 Å². The van der Waals surface area contributed by atoms with Crippen LogP contribution in [0.15, 0.2) is 67.8 Å². The van der Waals surface area contributed by atoms with E-state index in [9.17, 15) is 14.9 Å². The van der Waals surface area contributed by atoms with Gasteiger partial charge in [0.25, 0.3) is 5.56 Å². The number of fused-ring (bicyclic) bond motifs is 1. The third-order valence-corrected chi connectivity index (χ3v) is 7.19. The number of esters is 1. The number of thiazole rings is 1. The van der Waals surface area contributed by atoms with Crippen molar-refractivity contribution in [1.29, 1.82) is 5.26 Å². The van der Waals surface area contributed by atoms with Gasteiger partial charge in [-0.05, 0) is 48.4 Å². The number of halogens is 2. The second kappa shape index (κ2) is 9.51. The quantitative estimate of drug-likeness (QED) is 0.472. The molecule has 0 radical (unpaired) electrons. The van der Waals surface area contributed by atoms with Crippen LogP contribution in [-0.4, -0.2) is 17.1 Å². The molecular weight excluding hydrogens is 570 g/mol. The lowest BCUT2D eigenvalue weighted by atomic mass is 9.84. The molecular formula is C24H17Br2N3O3S. The average Bonchev–Trinajstić information content (AvgIpc) is 3.09. The Balaban J connectivity index is 2.10. The summed E-state index contributed by atoms with van der Waals surface area (Å²) in [5.41, 5.74) is 7.81. The molecule has 9 heteroatoms. The summed E-state index contributed by atoms with van der Waals surface area (Å²) in [5, 5.41) is 9.99. The van der Waals surface area contributed by atoms with Gasteiger partial charge in [-0.3, -0.25) is 9.36 Å². The molecule has 1 aromatic heterocycles. The fourth-order valence-electron chi connectivity index (χ4n) is 3.72. The number of nitrogens with two attached hydrogens (primary N) is 1. The van der Waals surface area contributed by atoms with Crippen LogP contribution in [-0.2, 0) is 9.53 Å². The molecule has 1 unspecified atom stereocenters. The van der Waals surface area contributed by atoms with Crippen LogP contribution < -0.4 is 20.5 Å². The second-order valence-electron chi connectivity index (χ2n) is 7.14. The Kier molecular flexibility index (Phi) is 6.70. The SMILES string of the molecule is CCOC(=O)C1=c2s/c(=C\c3cccc(Br)c3)c(=O)n2C(N)=C(C#N)C1c1cccc(Br)c1. The van der Waals surface area contributed by atoms with Crippen molar-refractivity contribution in [3.8, 4) is 6.07 Å². The van der Waals surface area contributed by atoms with Gasteiger partial charge in [0.2, 0.25) is 0 Å². The van der Waals surface area contributed by atoms with Crippen LogP contribution in [0.2, 0.25) is 0 Å². The van der Waals surface area contributed by atoms with Crippen molar-refractivity contribution < 1.29 is 9.53 Å². The van der Waals surface area contributed by atoms with Gasteiger partial charge in [-0.15, -0.1) is 11.3 Å². The molecule has 0 saturated carbocycles. The molecule has 0 amide bonds. The third kappa shape index (κ3) is 4.34. The van der Waals surface area contributed by atoms with E-state index in [0.29, 0.717) is 14.8 Å². The van der Waals surface area contributed by atoms with Crippen LogP contribution in [0.5, 0.6) is 0 Å². The van der Waals surface area contributed by atoms with Gasteiger partial charge >= 0.3 is 5.97 Å². The Hall–Kier alpha value is -2.93. The molecule has 0 aliphatic carbocycles. The van der Waals surface area contributed by atoms with Gasteiger partial charge in [0.15, 0.2) is 0 Å². The van der Waals surface area contributed by atoms with E-state index in [-0.39, 0.29) is 23.6 Å². The normalized spacial score (nSPS) is 15.9. The first-order valence-corrected chi connectivity index (χ1v) is 12.3. The van der Waals surface area contributed by atoms with Crippen LogP contribution >= 0.6 is 43.2 Å². The number of allylic oxidation sites excluding steroid dienone is 1. The summed E-state index contributed by atoms with van der Waals surface area (Å²) < 4.78 is 9.00. The smallest absolute Gasteiger partial charge is 0.338 e. The Morgan fingerprint density at radius 1 is 1.24 bits per heavy atom. The number of nitrogens with zero attached hydrogens (tertiary/aromatic N) is 2. The summed E-state index contributed by atoms with van der Waals surface area (Å²) in [6, 6.07) is 16.9. The highest BCUT2D eigenvalue weighted by Gasteiger charge is 2.36. The average molecular weight is 587 g/mol. The van der Waals surface area contributed by atoms with Crippen molar-refractivity contribution in [3.05, 3.63) is 93.7 Å². The minimum Gasteiger partial charge on any atom is -0.463 e. The Labute approximate surface area is 210 Å². The molecule has 1 aliphatic heterocycles. The topological polar surface area (TPSA) is 98.1 Å². The van der Waals surface area contributed by atoms with Gasteiger partial charge in [-0.2, -0.15) is 5.26 Å². The summed E-state index contributed by atoms with van der Waals surface area (Å²) in [6.07, 6.45) is 1.74. The van der Waals surface area contributed by atoms with Gasteiger partial charge in [0.1, 0.15) is 10.5 Å². The van der Waals surface area contributed by atoms with Crippen LogP contribution in [0.3, 0.4) is 0 Å². The lowest BCUT2D eigenvalue weighted by Crippen LogP contribution is -2.40. The maximum atomic E-state index is 13.3. The number of aromatic nitrogens is 1. The van der Waals surface area contributed by atoms with Crippen LogP contribution in [0, 0.1) is 11.3 Å². The van der Waals surface area contributed by atoms with Crippen molar-refractivity contribution in [3.63, 3.8) is 0 Å². The molecule has 3 aromatic rings. The highest BCUT2D eigenvalue weighted by atomic mass is 79.9. The molecule has 2 N–H and O–H groups in total. The lowest BCUT2D eigenvalue weighted by Gasteiger charge is -2.24. The monoisotopic (exact) mass is 585 g/mol. The number of hydrogen-bond acceptors (Lipinski definition) is 6. The van der Waals surface area contributed by atoms with E-state index in [1.165, 1.54) is 4.57 Å². The van der Waals surface area contributed by atoms with Crippen molar-refractivity contribution in [1.82, 2.24) is 4.57 Å². The predicted octanol–water partition coefficient (Wildman–Crippen LogP) is 3.43. The fraction of sp³-hybridized carbons (Fsp3) is 0.125. The molecule has 2 heterocycles. The lowest BCUT2D eigenvalue weighted by molar-refractivity contribution is -0.136. The van der Waals surface area contributed by atoms with E-state index in [2.05, 4.69) is 37.9 Å². The first-order valence-electron chi connectivity index (χ1n) is 9.91. The van der Waals surface area contributed by atoms with E-state index < -0.39 is 17.4 Å². The Bertz CT molecular complexity index is 1530. The number of carbonyl (C=O) groups excluding carboxylic acids is 1. The second-order valence-corrected chi connectivity index (χ2v) is 10.0. The molecule has 2 aromatic carbocycles. The molecule has 166 valence electrons. The molecule has 1 atom stereocenters. The van der Waals surface area contributed by atoms with E-state index in [1.54, 1.807) is 13.0 Å². The van der Waals surface area contributed by atoms with Crippen molar-refractivity contribution in [2.75, 3.05) is 6.61 Å². The fourth-order valence-corrected chi connectivity index (χ4v) is 5.72. The first-order chi connectivity index (χ1) is 15.8. The van der Waals surface area contributed by atoms with E-state index >= 15 is 0 Å². The van der Waals surface area contributed by atoms with Gasteiger partial charge in [0.05, 0.1) is 34.3 Å². The molecule has 0 spiro atoms. The Morgan fingerprint density at radius 3 is 2.58 bits per heavy atom. The number of carbonyl (C=O) groups is 1. The van der Waals surface area contributed by atoms with Crippen molar-refractivity contribution in [2.45, 2.75) is 12.8 Å². The molecule has 0 fully saturated rings. The zero-order valence-corrected chi connectivity index (χ0v) is 21.3. The molecule has 33 heavy (non-hydrogen) atoms. The van der Waals surface area contributed by atoms with Crippen molar-refractivity contribution >= 4 is 66.6 Å². The molecule has 0 saturated heterocycles. The number of benzene rings is 2. The zero-order valence-electron chi connectivity index (χ0n) is 17.3. The minimum absolute atomic E-state index is 0.0145. The molecule has 6 nitrogen and oxygen atoms in total. The first kappa shape index (κ1) is 23.2. The highest BCUT2D eigenvalue weighted by Crippen LogP contribution is 2.37. The number of nitriles is 1. The van der Waals surface area contributed by atoms with Gasteiger partial charge in [-0.1, -0.05) is 56.1 Å². The zero-order chi connectivity index (χ0) is 23.7. The summed E-state index contributed by atoms with van der Waals surface area (Å²) in [5.74, 6) is -1.34. The van der Waals surface area contributed by atoms with E-state index in [0.717, 1.165) is 25.8 Å². The van der Waals surface area contributed by atoms with Gasteiger partial charge < -0.3 is 10.5 Å². The minimum atomic E-state index is -0.761. The summed E-state index contributed by atoms with van der Waals surface area (Å²) in [6.45, 7) is 1.86. The Morgan fingerprint density at radius 2 is 1.94 bits per heavy atom.